The first kappa shape index (κ1) is 34.4. The van der Waals surface area contributed by atoms with Gasteiger partial charge in [-0.05, 0) is 47.7 Å². The van der Waals surface area contributed by atoms with E-state index in [0.717, 1.165) is 18.2 Å². The summed E-state index contributed by atoms with van der Waals surface area (Å²) in [7, 11) is 0. The fourth-order valence-electron chi connectivity index (χ4n) is 5.85. The number of benzene rings is 3. The number of anilines is 1. The summed E-state index contributed by atoms with van der Waals surface area (Å²) in [6, 6.07) is 10.6. The second kappa shape index (κ2) is 12.7. The summed E-state index contributed by atoms with van der Waals surface area (Å²) >= 11 is 12.2. The molecule has 1 unspecified atom stereocenters. The van der Waals surface area contributed by atoms with Gasteiger partial charge < -0.3 is 26.2 Å². The number of aliphatic hydroxyl groups is 1. The SMILES string of the molecule is CC(C)(C)C[C@@H]1N[C@@H](C(=O)Nc2ccc(C(N)O)c(OC(F)(F)F)c2)[C@H](c2cccc(Cl)c2F)[C@@]1(C#N)c1ccc(Cl)cc1F. The number of halogens is 7. The van der Waals surface area contributed by atoms with E-state index >= 15 is 8.78 Å². The third kappa shape index (κ3) is 7.18. The van der Waals surface area contributed by atoms with E-state index in [1.165, 1.54) is 36.4 Å². The molecule has 45 heavy (non-hydrogen) atoms. The minimum atomic E-state index is -5.15. The Kier molecular flexibility index (Phi) is 9.73. The Morgan fingerprint density at radius 3 is 2.42 bits per heavy atom. The molecule has 5 N–H and O–H groups in total. The van der Waals surface area contributed by atoms with Crippen molar-refractivity contribution < 1.29 is 36.6 Å². The van der Waals surface area contributed by atoms with Gasteiger partial charge in [-0.25, -0.2) is 8.78 Å². The topological polar surface area (TPSA) is 120 Å². The smallest absolute Gasteiger partial charge is 0.405 e. The number of aliphatic hydroxyl groups excluding tert-OH is 1. The van der Waals surface area contributed by atoms with Gasteiger partial charge in [0.2, 0.25) is 5.91 Å². The minimum Gasteiger partial charge on any atom is -0.405 e. The summed E-state index contributed by atoms with van der Waals surface area (Å²) in [6.45, 7) is 5.60. The van der Waals surface area contributed by atoms with Crippen molar-refractivity contribution in [3.63, 3.8) is 0 Å². The van der Waals surface area contributed by atoms with Crippen LogP contribution in [0.2, 0.25) is 10.0 Å². The van der Waals surface area contributed by atoms with Crippen LogP contribution in [0.1, 0.15) is 56.0 Å². The molecule has 0 spiro atoms. The molecule has 240 valence electrons. The van der Waals surface area contributed by atoms with Crippen LogP contribution in [-0.2, 0) is 10.2 Å². The van der Waals surface area contributed by atoms with E-state index in [0.29, 0.717) is 0 Å². The molecule has 0 aliphatic carbocycles. The fourth-order valence-corrected chi connectivity index (χ4v) is 6.19. The van der Waals surface area contributed by atoms with Gasteiger partial charge in [-0.3, -0.25) is 4.79 Å². The van der Waals surface area contributed by atoms with Crippen molar-refractivity contribution in [2.24, 2.45) is 11.1 Å². The Morgan fingerprint density at radius 1 is 1.16 bits per heavy atom. The van der Waals surface area contributed by atoms with Crippen LogP contribution in [0.4, 0.5) is 27.6 Å². The summed E-state index contributed by atoms with van der Waals surface area (Å²) < 4.78 is 74.8. The van der Waals surface area contributed by atoms with Crippen LogP contribution >= 0.6 is 23.2 Å². The quantitative estimate of drug-likeness (QED) is 0.158. The number of alkyl halides is 3. The number of nitriles is 1. The van der Waals surface area contributed by atoms with E-state index in [2.05, 4.69) is 21.4 Å². The van der Waals surface area contributed by atoms with Crippen molar-refractivity contribution in [3.8, 4) is 11.8 Å². The van der Waals surface area contributed by atoms with Crippen molar-refractivity contribution in [3.05, 3.63) is 93.0 Å². The lowest BCUT2D eigenvalue weighted by atomic mass is 9.62. The average Bonchev–Trinajstić information content (AvgIpc) is 3.22. The highest BCUT2D eigenvalue weighted by Crippen LogP contribution is 2.53. The van der Waals surface area contributed by atoms with Crippen LogP contribution in [-0.4, -0.2) is 29.5 Å². The number of nitrogens with two attached hydrogens (primary N) is 1. The molecule has 7 nitrogen and oxygen atoms in total. The monoisotopic (exact) mass is 670 g/mol. The number of hydrogen-bond donors (Lipinski definition) is 4. The third-order valence-corrected chi connectivity index (χ3v) is 8.08. The molecule has 5 atom stereocenters. The average molecular weight is 671 g/mol. The summed E-state index contributed by atoms with van der Waals surface area (Å²) in [5.41, 5.74) is 2.07. The minimum absolute atomic E-state index is 0.0466. The van der Waals surface area contributed by atoms with E-state index in [1.54, 1.807) is 0 Å². The van der Waals surface area contributed by atoms with Crippen LogP contribution in [0.3, 0.4) is 0 Å². The van der Waals surface area contributed by atoms with Crippen LogP contribution in [0, 0.1) is 28.4 Å². The lowest BCUT2D eigenvalue weighted by Crippen LogP contribution is -2.45. The maximum atomic E-state index is 15.8. The molecule has 3 aromatic carbocycles. The number of nitrogens with zero attached hydrogens (tertiary/aromatic N) is 1. The van der Waals surface area contributed by atoms with Crippen LogP contribution in [0.25, 0.3) is 0 Å². The van der Waals surface area contributed by atoms with Crippen LogP contribution in [0.15, 0.2) is 54.6 Å². The second-order valence-electron chi connectivity index (χ2n) is 11.9. The summed E-state index contributed by atoms with van der Waals surface area (Å²) in [5.74, 6) is -4.95. The van der Waals surface area contributed by atoms with Gasteiger partial charge >= 0.3 is 6.36 Å². The Bertz CT molecular complexity index is 1640. The molecule has 0 saturated carbocycles. The number of amides is 1. The molecule has 1 aliphatic heterocycles. The molecule has 1 fully saturated rings. The normalized spacial score (nSPS) is 22.5. The molecule has 3 aromatic rings. The highest BCUT2D eigenvalue weighted by Gasteiger charge is 2.61. The lowest BCUT2D eigenvalue weighted by Gasteiger charge is -2.37. The number of carbonyl (C=O) groups is 1. The van der Waals surface area contributed by atoms with Crippen molar-refractivity contribution in [1.82, 2.24) is 5.32 Å². The molecule has 14 heteroatoms. The highest BCUT2D eigenvalue weighted by molar-refractivity contribution is 6.31. The molecule has 1 heterocycles. The van der Waals surface area contributed by atoms with Crippen LogP contribution < -0.4 is 21.1 Å². The molecule has 1 amide bonds. The van der Waals surface area contributed by atoms with Crippen molar-refractivity contribution in [2.75, 3.05) is 5.32 Å². The number of carbonyl (C=O) groups excluding carboxylic acids is 1. The fraction of sp³-hybridized carbons (Fsp3) is 0.355. The van der Waals surface area contributed by atoms with Gasteiger partial charge in [0.1, 0.15) is 29.0 Å². The van der Waals surface area contributed by atoms with Crippen molar-refractivity contribution >= 4 is 34.8 Å². The third-order valence-electron chi connectivity index (χ3n) is 7.56. The lowest BCUT2D eigenvalue weighted by molar-refractivity contribution is -0.275. The zero-order valence-corrected chi connectivity index (χ0v) is 25.7. The van der Waals surface area contributed by atoms with Gasteiger partial charge in [-0.15, -0.1) is 13.2 Å². The number of ether oxygens (including phenoxy) is 1. The van der Waals surface area contributed by atoms with Crippen molar-refractivity contribution in [2.45, 2.75) is 63.2 Å². The largest absolute Gasteiger partial charge is 0.573 e. The zero-order valence-electron chi connectivity index (χ0n) is 24.1. The summed E-state index contributed by atoms with van der Waals surface area (Å²) in [4.78, 5) is 14.0. The van der Waals surface area contributed by atoms with Gasteiger partial charge in [-0.2, -0.15) is 5.26 Å². The molecule has 1 aliphatic rings. The summed E-state index contributed by atoms with van der Waals surface area (Å²) in [5, 5.41) is 26.0. The van der Waals surface area contributed by atoms with Gasteiger partial charge in [0.25, 0.3) is 0 Å². The Morgan fingerprint density at radius 2 is 1.84 bits per heavy atom. The van der Waals surface area contributed by atoms with E-state index in [1.807, 2.05) is 20.8 Å². The molecule has 0 radical (unpaired) electrons. The number of hydrogen-bond acceptors (Lipinski definition) is 6. The predicted octanol–water partition coefficient (Wildman–Crippen LogP) is 7.08. The van der Waals surface area contributed by atoms with E-state index in [4.69, 9.17) is 28.9 Å². The zero-order chi connectivity index (χ0) is 33.5. The first-order chi connectivity index (χ1) is 20.9. The predicted molar refractivity (Wildman–Crippen MR) is 159 cm³/mol. The maximum Gasteiger partial charge on any atom is 0.573 e. The first-order valence-corrected chi connectivity index (χ1v) is 14.3. The first-order valence-electron chi connectivity index (χ1n) is 13.6. The van der Waals surface area contributed by atoms with Gasteiger partial charge in [0.05, 0.1) is 17.1 Å². The van der Waals surface area contributed by atoms with Gasteiger partial charge in [0.15, 0.2) is 0 Å². The molecule has 1 saturated heterocycles. The van der Waals surface area contributed by atoms with Crippen molar-refractivity contribution in [1.29, 1.82) is 5.26 Å². The standard InChI is InChI=1S/C31H29Cl2F5N4O3/c1-29(2,3)13-23-30(14-39,19-10-7-15(32)11-21(19)34)24(18-5-4-6-20(33)25(18)35)26(42-23)28(44)41-16-8-9-17(27(40)43)22(12-16)45-31(36,37)38/h4-12,23-24,26-27,42-43H,13,40H2,1-3H3,(H,41,44)/t23-,24-,26+,27?,30-/m0/s1. The van der Waals surface area contributed by atoms with E-state index < -0.39 is 70.3 Å². The van der Waals surface area contributed by atoms with Crippen LogP contribution in [0.5, 0.6) is 5.75 Å². The Balaban J connectivity index is 1.91. The molecule has 0 bridgehead atoms. The molecular formula is C31H29Cl2F5N4O3. The Labute approximate surface area is 266 Å². The number of nitrogens with one attached hydrogen (secondary N) is 2. The molecular weight excluding hydrogens is 642 g/mol. The van der Waals surface area contributed by atoms with Gasteiger partial charge in [0, 0.05) is 39.9 Å². The Hall–Kier alpha value is -3.47. The van der Waals surface area contributed by atoms with Gasteiger partial charge in [-0.1, -0.05) is 62.2 Å². The highest BCUT2D eigenvalue weighted by atomic mass is 35.5. The second-order valence-corrected chi connectivity index (χ2v) is 12.8. The number of rotatable bonds is 7. The molecule has 0 aromatic heterocycles. The summed E-state index contributed by atoms with van der Waals surface area (Å²) in [6.07, 6.45) is -6.77. The maximum absolute atomic E-state index is 15.8. The van der Waals surface area contributed by atoms with E-state index in [-0.39, 0.29) is 33.3 Å². The molecule has 4 rings (SSSR count). The van der Waals surface area contributed by atoms with E-state index in [9.17, 15) is 28.3 Å².